The Hall–Kier alpha value is -2.86. The lowest BCUT2D eigenvalue weighted by Gasteiger charge is -2.31. The van der Waals surface area contributed by atoms with Crippen molar-refractivity contribution in [3.63, 3.8) is 0 Å². The van der Waals surface area contributed by atoms with Crippen LogP contribution < -0.4 is 4.74 Å². The molecular weight excluding hydrogens is 408 g/mol. The summed E-state index contributed by atoms with van der Waals surface area (Å²) in [4.78, 5) is 15.7. The van der Waals surface area contributed by atoms with Gasteiger partial charge in [0.25, 0.3) is 0 Å². The Kier molecular flexibility index (Phi) is 5.75. The number of thiocarbonyl (C=S) groups is 1. The van der Waals surface area contributed by atoms with E-state index in [1.54, 1.807) is 7.11 Å². The molecule has 0 atom stereocenters. The van der Waals surface area contributed by atoms with Crippen LogP contribution in [0.15, 0.2) is 48.5 Å². The fraction of sp³-hybridized carbons (Fsp3) is 0.360. The molecule has 0 amide bonds. The van der Waals surface area contributed by atoms with Gasteiger partial charge in [-0.3, -0.25) is 4.79 Å². The van der Waals surface area contributed by atoms with Crippen molar-refractivity contribution in [1.82, 2.24) is 9.47 Å². The molecule has 0 spiro atoms. The van der Waals surface area contributed by atoms with Crippen molar-refractivity contribution in [3.05, 3.63) is 65.4 Å². The average molecular weight is 437 g/mol. The first kappa shape index (κ1) is 21.4. The Morgan fingerprint density at radius 1 is 1.13 bits per heavy atom. The third-order valence-electron chi connectivity index (χ3n) is 5.42. The summed E-state index contributed by atoms with van der Waals surface area (Å²) in [6, 6.07) is 16.3. The predicted octanol–water partition coefficient (Wildman–Crippen LogP) is 4.73. The first-order valence-electron chi connectivity index (χ1n) is 10.5. The topological polar surface area (TPSA) is 43.7 Å². The van der Waals surface area contributed by atoms with Crippen LogP contribution in [0.2, 0.25) is 0 Å². The van der Waals surface area contributed by atoms with Crippen molar-refractivity contribution in [3.8, 4) is 5.75 Å². The smallest absolute Gasteiger partial charge is 0.326 e. The van der Waals surface area contributed by atoms with E-state index in [0.29, 0.717) is 0 Å². The lowest BCUT2D eigenvalue weighted by Crippen LogP contribution is -2.38. The molecule has 2 aromatic carbocycles. The molecule has 0 saturated heterocycles. The van der Waals surface area contributed by atoms with Gasteiger partial charge in [0.1, 0.15) is 22.9 Å². The number of methoxy groups -OCH3 is 1. The van der Waals surface area contributed by atoms with Crippen molar-refractivity contribution in [2.45, 2.75) is 45.9 Å². The van der Waals surface area contributed by atoms with E-state index in [1.165, 1.54) is 11.1 Å². The van der Waals surface area contributed by atoms with Gasteiger partial charge in [0, 0.05) is 24.0 Å². The standard InChI is InChI=1S/C25H28N2O3S/c1-25(2,3)30-22(28)16-27-21-11-10-18(29-4)14-20(21)19-12-13-26(24(31)23(19)27)15-17-8-6-5-7-9-17/h5-11,14H,12-13,15-16H2,1-4H3. The molecule has 1 aromatic heterocycles. The number of benzene rings is 2. The number of carbonyl (C=O) groups is 1. The molecule has 0 N–H and O–H groups in total. The largest absolute Gasteiger partial charge is 0.497 e. The summed E-state index contributed by atoms with van der Waals surface area (Å²) >= 11 is 5.96. The van der Waals surface area contributed by atoms with Gasteiger partial charge in [0.15, 0.2) is 0 Å². The van der Waals surface area contributed by atoms with Gasteiger partial charge in [-0.2, -0.15) is 0 Å². The number of hydrogen-bond donors (Lipinski definition) is 0. The summed E-state index contributed by atoms with van der Waals surface area (Å²) in [6.07, 6.45) is 0.854. The SMILES string of the molecule is COc1ccc2c(c1)c1c(n2CC(=O)OC(C)(C)C)C(=S)N(Cc2ccccc2)CC1. The molecule has 1 aliphatic rings. The van der Waals surface area contributed by atoms with Crippen molar-refractivity contribution in [2.24, 2.45) is 0 Å². The molecule has 0 radical (unpaired) electrons. The van der Waals surface area contributed by atoms with Gasteiger partial charge in [-0.15, -0.1) is 0 Å². The second-order valence-corrected chi connectivity index (χ2v) is 9.23. The third kappa shape index (κ3) is 4.44. The van der Waals surface area contributed by atoms with E-state index in [4.69, 9.17) is 21.7 Å². The molecule has 0 unspecified atom stereocenters. The van der Waals surface area contributed by atoms with E-state index in [1.807, 2.05) is 61.7 Å². The predicted molar refractivity (Wildman–Crippen MR) is 127 cm³/mol. The van der Waals surface area contributed by atoms with Gasteiger partial charge in [-0.25, -0.2) is 0 Å². The Labute approximate surface area is 188 Å². The maximum absolute atomic E-state index is 12.7. The molecule has 0 aliphatic carbocycles. The molecule has 0 fully saturated rings. The van der Waals surface area contributed by atoms with Crippen LogP contribution in [-0.2, 0) is 29.0 Å². The average Bonchev–Trinajstić information content (AvgIpc) is 3.03. The molecule has 4 rings (SSSR count). The second-order valence-electron chi connectivity index (χ2n) is 8.85. The van der Waals surface area contributed by atoms with Crippen molar-refractivity contribution < 1.29 is 14.3 Å². The summed E-state index contributed by atoms with van der Waals surface area (Å²) in [5.41, 5.74) is 3.76. The van der Waals surface area contributed by atoms with Gasteiger partial charge in [0.2, 0.25) is 0 Å². The van der Waals surface area contributed by atoms with Crippen LogP contribution in [0.25, 0.3) is 10.9 Å². The number of esters is 1. The van der Waals surface area contributed by atoms with Gasteiger partial charge in [-0.05, 0) is 56.5 Å². The van der Waals surface area contributed by atoms with Crippen LogP contribution in [0, 0.1) is 0 Å². The summed E-state index contributed by atoms with van der Waals surface area (Å²) in [5, 5.41) is 1.08. The molecular formula is C25H28N2O3S. The molecule has 31 heavy (non-hydrogen) atoms. The van der Waals surface area contributed by atoms with Crippen molar-refractivity contribution >= 4 is 34.1 Å². The number of aromatic nitrogens is 1. The number of rotatable bonds is 5. The van der Waals surface area contributed by atoms with E-state index in [9.17, 15) is 4.79 Å². The summed E-state index contributed by atoms with van der Waals surface area (Å²) in [6.45, 7) is 7.34. The normalized spacial score (nSPS) is 13.9. The van der Waals surface area contributed by atoms with Gasteiger partial charge in [-0.1, -0.05) is 42.5 Å². The van der Waals surface area contributed by atoms with E-state index in [2.05, 4.69) is 17.0 Å². The fourth-order valence-corrected chi connectivity index (χ4v) is 4.54. The lowest BCUT2D eigenvalue weighted by molar-refractivity contribution is -0.155. The summed E-state index contributed by atoms with van der Waals surface area (Å²) in [7, 11) is 1.66. The van der Waals surface area contributed by atoms with Crippen LogP contribution in [0.4, 0.5) is 0 Å². The molecule has 0 bridgehead atoms. The molecule has 6 heteroatoms. The van der Waals surface area contributed by atoms with E-state index in [-0.39, 0.29) is 12.5 Å². The highest BCUT2D eigenvalue weighted by atomic mass is 32.1. The summed E-state index contributed by atoms with van der Waals surface area (Å²) in [5.74, 6) is 0.522. The van der Waals surface area contributed by atoms with Crippen LogP contribution in [0.3, 0.4) is 0 Å². The lowest BCUT2D eigenvalue weighted by atomic mass is 10.0. The molecule has 3 aromatic rings. The summed E-state index contributed by atoms with van der Waals surface area (Å²) < 4.78 is 13.1. The number of fused-ring (bicyclic) bond motifs is 3. The van der Waals surface area contributed by atoms with Crippen LogP contribution >= 0.6 is 12.2 Å². The van der Waals surface area contributed by atoms with E-state index in [0.717, 1.165) is 46.8 Å². The van der Waals surface area contributed by atoms with Crippen LogP contribution in [-0.4, -0.2) is 39.7 Å². The van der Waals surface area contributed by atoms with Crippen molar-refractivity contribution in [2.75, 3.05) is 13.7 Å². The molecule has 2 heterocycles. The highest BCUT2D eigenvalue weighted by Crippen LogP contribution is 2.34. The second kappa shape index (κ2) is 8.35. The van der Waals surface area contributed by atoms with Crippen molar-refractivity contribution in [1.29, 1.82) is 0 Å². The zero-order chi connectivity index (χ0) is 22.2. The molecule has 1 aliphatic heterocycles. The maximum Gasteiger partial charge on any atom is 0.326 e. The number of ether oxygens (including phenoxy) is 2. The number of nitrogens with zero attached hydrogens (tertiary/aromatic N) is 2. The monoisotopic (exact) mass is 436 g/mol. The minimum Gasteiger partial charge on any atom is -0.497 e. The minimum atomic E-state index is -0.539. The highest BCUT2D eigenvalue weighted by molar-refractivity contribution is 7.80. The van der Waals surface area contributed by atoms with Gasteiger partial charge >= 0.3 is 5.97 Å². The van der Waals surface area contributed by atoms with E-state index < -0.39 is 5.60 Å². The van der Waals surface area contributed by atoms with Crippen LogP contribution in [0.5, 0.6) is 5.75 Å². The number of carbonyl (C=O) groups excluding carboxylic acids is 1. The molecule has 5 nitrogen and oxygen atoms in total. The maximum atomic E-state index is 12.7. The Bertz CT molecular complexity index is 1130. The van der Waals surface area contributed by atoms with Crippen LogP contribution in [0.1, 0.15) is 37.6 Å². The quantitative estimate of drug-likeness (QED) is 0.428. The Balaban J connectivity index is 1.76. The minimum absolute atomic E-state index is 0.120. The van der Waals surface area contributed by atoms with Gasteiger partial charge in [0.05, 0.1) is 12.8 Å². The first-order valence-corrected chi connectivity index (χ1v) is 10.9. The van der Waals surface area contributed by atoms with Gasteiger partial charge < -0.3 is 18.9 Å². The zero-order valence-electron chi connectivity index (χ0n) is 18.5. The Morgan fingerprint density at radius 2 is 1.87 bits per heavy atom. The first-order chi connectivity index (χ1) is 14.8. The molecule has 0 saturated carbocycles. The third-order valence-corrected chi connectivity index (χ3v) is 5.87. The number of hydrogen-bond acceptors (Lipinski definition) is 4. The fourth-order valence-electron chi connectivity index (χ4n) is 4.15. The van der Waals surface area contributed by atoms with E-state index >= 15 is 0 Å². The zero-order valence-corrected chi connectivity index (χ0v) is 19.3. The Morgan fingerprint density at radius 3 is 2.55 bits per heavy atom. The molecule has 162 valence electrons. The highest BCUT2D eigenvalue weighted by Gasteiger charge is 2.30.